The Hall–Kier alpha value is -1.20. The zero-order chi connectivity index (χ0) is 13.1. The van der Waals surface area contributed by atoms with Gasteiger partial charge in [0.2, 0.25) is 0 Å². The second-order valence-corrected chi connectivity index (χ2v) is 5.72. The summed E-state index contributed by atoms with van der Waals surface area (Å²) < 4.78 is 2.04. The Morgan fingerprint density at radius 3 is 2.72 bits per heavy atom. The quantitative estimate of drug-likeness (QED) is 0.903. The molecule has 0 saturated carbocycles. The highest BCUT2D eigenvalue weighted by molar-refractivity contribution is 7.11. The lowest BCUT2D eigenvalue weighted by molar-refractivity contribution is 0.500. The lowest BCUT2D eigenvalue weighted by Crippen LogP contribution is -2.22. The molecular weight excluding hydrogens is 244 g/mol. The summed E-state index contributed by atoms with van der Waals surface area (Å²) in [5.74, 6) is 1.05. The third kappa shape index (κ3) is 2.79. The molecule has 2 heterocycles. The molecule has 2 aromatic rings. The van der Waals surface area contributed by atoms with Crippen molar-refractivity contribution in [2.45, 2.75) is 39.8 Å². The molecule has 0 fully saturated rings. The van der Waals surface area contributed by atoms with Crippen molar-refractivity contribution < 1.29 is 0 Å². The predicted octanol–water partition coefficient (Wildman–Crippen LogP) is 2.73. The van der Waals surface area contributed by atoms with Gasteiger partial charge in [-0.25, -0.2) is 9.97 Å². The fourth-order valence-electron chi connectivity index (χ4n) is 1.83. The van der Waals surface area contributed by atoms with Gasteiger partial charge in [-0.1, -0.05) is 6.92 Å². The van der Waals surface area contributed by atoms with Crippen LogP contribution in [0.15, 0.2) is 12.4 Å². The van der Waals surface area contributed by atoms with Crippen LogP contribution in [-0.2, 0) is 13.6 Å². The van der Waals surface area contributed by atoms with Gasteiger partial charge in [0.15, 0.2) is 0 Å². The Morgan fingerprint density at radius 2 is 2.22 bits per heavy atom. The smallest absolute Gasteiger partial charge is 0.122 e. The van der Waals surface area contributed by atoms with Gasteiger partial charge in [0.25, 0.3) is 0 Å². The molecule has 1 N–H and O–H groups in total. The van der Waals surface area contributed by atoms with Gasteiger partial charge < -0.3 is 9.88 Å². The van der Waals surface area contributed by atoms with E-state index >= 15 is 0 Å². The first kappa shape index (κ1) is 13.2. The average Bonchev–Trinajstić information content (AvgIpc) is 2.88. The van der Waals surface area contributed by atoms with Crippen LogP contribution >= 0.6 is 11.3 Å². The van der Waals surface area contributed by atoms with Crippen LogP contribution in [0.5, 0.6) is 0 Å². The van der Waals surface area contributed by atoms with Crippen molar-refractivity contribution in [2.24, 2.45) is 7.05 Å². The first-order valence-electron chi connectivity index (χ1n) is 6.25. The largest absolute Gasteiger partial charge is 0.337 e. The number of nitrogens with zero attached hydrogens (tertiary/aromatic N) is 3. The van der Waals surface area contributed by atoms with Crippen LogP contribution in [0.1, 0.15) is 40.8 Å². The van der Waals surface area contributed by atoms with E-state index in [9.17, 15) is 0 Å². The SMILES string of the molecule is CCC(NCc1nccn1C)c1nc(C)c(C)s1. The number of aromatic nitrogens is 3. The number of aryl methyl sites for hydroxylation is 3. The van der Waals surface area contributed by atoms with Crippen LogP contribution in [0.3, 0.4) is 0 Å². The molecule has 1 unspecified atom stereocenters. The molecule has 2 rings (SSSR count). The van der Waals surface area contributed by atoms with Crippen LogP contribution in [0.4, 0.5) is 0 Å². The van der Waals surface area contributed by atoms with Gasteiger partial charge in [-0.05, 0) is 20.3 Å². The lowest BCUT2D eigenvalue weighted by atomic mass is 10.2. The maximum atomic E-state index is 4.63. The fraction of sp³-hybridized carbons (Fsp3) is 0.538. The third-order valence-electron chi connectivity index (χ3n) is 3.18. The van der Waals surface area contributed by atoms with Gasteiger partial charge in [-0.2, -0.15) is 0 Å². The topological polar surface area (TPSA) is 42.7 Å². The molecular formula is C13H20N4S. The van der Waals surface area contributed by atoms with Crippen molar-refractivity contribution in [3.05, 3.63) is 33.8 Å². The minimum absolute atomic E-state index is 0.319. The van der Waals surface area contributed by atoms with Crippen molar-refractivity contribution in [1.29, 1.82) is 0 Å². The van der Waals surface area contributed by atoms with Gasteiger partial charge in [0.05, 0.1) is 18.3 Å². The van der Waals surface area contributed by atoms with Gasteiger partial charge in [0, 0.05) is 24.3 Å². The molecule has 4 nitrogen and oxygen atoms in total. The van der Waals surface area contributed by atoms with Crippen LogP contribution < -0.4 is 5.32 Å². The first-order valence-corrected chi connectivity index (χ1v) is 7.07. The summed E-state index contributed by atoms with van der Waals surface area (Å²) in [4.78, 5) is 10.3. The number of hydrogen-bond donors (Lipinski definition) is 1. The molecule has 0 bridgehead atoms. The monoisotopic (exact) mass is 264 g/mol. The standard InChI is InChI=1S/C13H20N4S/c1-5-11(13-16-9(2)10(3)18-13)15-8-12-14-6-7-17(12)4/h6-7,11,15H,5,8H2,1-4H3. The maximum absolute atomic E-state index is 4.63. The molecule has 0 amide bonds. The number of rotatable bonds is 5. The van der Waals surface area contributed by atoms with Crippen molar-refractivity contribution in [3.8, 4) is 0 Å². The van der Waals surface area contributed by atoms with Gasteiger partial charge in [-0.3, -0.25) is 0 Å². The highest BCUT2D eigenvalue weighted by Gasteiger charge is 2.14. The van der Waals surface area contributed by atoms with Crippen LogP contribution in [0, 0.1) is 13.8 Å². The molecule has 2 aromatic heterocycles. The van der Waals surface area contributed by atoms with Crippen LogP contribution in [0.2, 0.25) is 0 Å². The summed E-state index contributed by atoms with van der Waals surface area (Å²) in [7, 11) is 2.02. The molecule has 5 heteroatoms. The predicted molar refractivity (Wildman–Crippen MR) is 74.7 cm³/mol. The van der Waals surface area contributed by atoms with Crippen LogP contribution in [0.25, 0.3) is 0 Å². The van der Waals surface area contributed by atoms with Gasteiger partial charge in [0.1, 0.15) is 10.8 Å². The Labute approximate surface area is 112 Å². The van der Waals surface area contributed by atoms with E-state index in [0.29, 0.717) is 6.04 Å². The highest BCUT2D eigenvalue weighted by Crippen LogP contribution is 2.24. The van der Waals surface area contributed by atoms with E-state index in [1.165, 1.54) is 9.88 Å². The van der Waals surface area contributed by atoms with E-state index in [2.05, 4.69) is 36.1 Å². The molecule has 0 radical (unpaired) electrons. The zero-order valence-corrected chi connectivity index (χ0v) is 12.2. The summed E-state index contributed by atoms with van der Waals surface area (Å²) in [5.41, 5.74) is 1.15. The first-order chi connectivity index (χ1) is 8.61. The Balaban J connectivity index is 2.04. The summed E-state index contributed by atoms with van der Waals surface area (Å²) in [6, 6.07) is 0.319. The number of thiazole rings is 1. The van der Waals surface area contributed by atoms with Gasteiger partial charge >= 0.3 is 0 Å². The molecule has 0 spiro atoms. The maximum Gasteiger partial charge on any atom is 0.122 e. The van der Waals surface area contributed by atoms with E-state index in [-0.39, 0.29) is 0 Å². The van der Waals surface area contributed by atoms with Crippen molar-refractivity contribution in [1.82, 2.24) is 19.9 Å². The van der Waals surface area contributed by atoms with E-state index < -0.39 is 0 Å². The molecule has 18 heavy (non-hydrogen) atoms. The van der Waals surface area contributed by atoms with E-state index in [4.69, 9.17) is 0 Å². The number of nitrogens with one attached hydrogen (secondary N) is 1. The lowest BCUT2D eigenvalue weighted by Gasteiger charge is -2.14. The number of hydrogen-bond acceptors (Lipinski definition) is 4. The minimum Gasteiger partial charge on any atom is -0.337 e. The molecule has 0 aliphatic heterocycles. The molecule has 0 aliphatic carbocycles. The van der Waals surface area contributed by atoms with E-state index in [1.807, 2.05) is 24.0 Å². The van der Waals surface area contributed by atoms with Crippen molar-refractivity contribution >= 4 is 11.3 Å². The summed E-state index contributed by atoms with van der Waals surface area (Å²) in [5, 5.41) is 4.72. The minimum atomic E-state index is 0.319. The molecule has 0 aliphatic rings. The summed E-state index contributed by atoms with van der Waals surface area (Å²) in [6.45, 7) is 7.16. The average molecular weight is 264 g/mol. The molecule has 98 valence electrons. The van der Waals surface area contributed by atoms with Crippen molar-refractivity contribution in [3.63, 3.8) is 0 Å². The normalized spacial score (nSPS) is 12.9. The molecule has 1 atom stereocenters. The summed E-state index contributed by atoms with van der Waals surface area (Å²) in [6.07, 6.45) is 4.84. The van der Waals surface area contributed by atoms with Crippen LogP contribution in [-0.4, -0.2) is 14.5 Å². The highest BCUT2D eigenvalue weighted by atomic mass is 32.1. The Bertz CT molecular complexity index is 495. The van der Waals surface area contributed by atoms with Gasteiger partial charge in [-0.15, -0.1) is 11.3 Å². The van der Waals surface area contributed by atoms with E-state index in [0.717, 1.165) is 24.5 Å². The summed E-state index contributed by atoms with van der Waals surface area (Å²) >= 11 is 1.79. The molecule has 0 aromatic carbocycles. The second kappa shape index (κ2) is 5.63. The second-order valence-electron chi connectivity index (χ2n) is 4.49. The molecule has 0 saturated heterocycles. The van der Waals surface area contributed by atoms with Crippen molar-refractivity contribution in [2.75, 3.05) is 0 Å². The zero-order valence-electron chi connectivity index (χ0n) is 11.4. The number of imidazole rings is 1. The third-order valence-corrected chi connectivity index (χ3v) is 4.37. The Kier molecular flexibility index (Phi) is 4.14. The van der Waals surface area contributed by atoms with E-state index in [1.54, 1.807) is 11.3 Å². The fourth-order valence-corrected chi connectivity index (χ4v) is 2.92. The Morgan fingerprint density at radius 1 is 1.44 bits per heavy atom.